The number of aromatic amines is 1. The average molecular weight is 229 g/mol. The number of pyridine rings is 1. The number of imidazole rings is 1. The maximum absolute atomic E-state index is 4.65. The minimum Gasteiger partial charge on any atom is -0.340 e. The number of nitrogens with one attached hydrogen (secondary N) is 1. The molecule has 0 spiro atoms. The molecule has 1 aliphatic carbocycles. The quantitative estimate of drug-likeness (QED) is 0.757. The van der Waals surface area contributed by atoms with Gasteiger partial charge in [0.05, 0.1) is 5.52 Å². The fourth-order valence-electron chi connectivity index (χ4n) is 2.77. The van der Waals surface area contributed by atoms with Gasteiger partial charge in [0.1, 0.15) is 5.82 Å². The normalized spacial score (nSPS) is 18.4. The van der Waals surface area contributed by atoms with Gasteiger partial charge in [-0.3, -0.25) is 0 Å². The maximum Gasteiger partial charge on any atom is 0.177 e. The standard InChI is InChI=1S/C14H19N3/c1-10-8-12-14(15-9-10)17-13(16-12)11-6-4-2-3-5-7-11/h8-9,11H,2-7H2,1H3,(H,15,16,17). The Balaban J connectivity index is 1.93. The fourth-order valence-corrected chi connectivity index (χ4v) is 2.77. The van der Waals surface area contributed by atoms with Crippen molar-refractivity contribution >= 4 is 11.2 Å². The first-order chi connectivity index (χ1) is 8.33. The van der Waals surface area contributed by atoms with Gasteiger partial charge in [0, 0.05) is 12.1 Å². The average Bonchev–Trinajstić information content (AvgIpc) is 2.57. The van der Waals surface area contributed by atoms with Crippen molar-refractivity contribution in [3.05, 3.63) is 23.7 Å². The lowest BCUT2D eigenvalue weighted by molar-refractivity contribution is 0.567. The molecular formula is C14H19N3. The first-order valence-corrected chi connectivity index (χ1v) is 6.65. The molecule has 2 aromatic heterocycles. The second-order valence-electron chi connectivity index (χ2n) is 5.19. The predicted molar refractivity (Wildman–Crippen MR) is 69.1 cm³/mol. The van der Waals surface area contributed by atoms with Crippen molar-refractivity contribution in [1.29, 1.82) is 0 Å². The van der Waals surface area contributed by atoms with E-state index in [9.17, 15) is 0 Å². The third-order valence-corrected chi connectivity index (χ3v) is 3.73. The number of fused-ring (bicyclic) bond motifs is 1. The van der Waals surface area contributed by atoms with Crippen molar-refractivity contribution in [2.75, 3.05) is 0 Å². The molecular weight excluding hydrogens is 210 g/mol. The lowest BCUT2D eigenvalue weighted by Gasteiger charge is -2.09. The van der Waals surface area contributed by atoms with Crippen LogP contribution in [0.15, 0.2) is 12.3 Å². The molecule has 0 aliphatic heterocycles. The molecule has 1 aliphatic rings. The molecule has 1 saturated carbocycles. The summed E-state index contributed by atoms with van der Waals surface area (Å²) in [5, 5.41) is 0. The van der Waals surface area contributed by atoms with Gasteiger partial charge < -0.3 is 4.98 Å². The number of rotatable bonds is 1. The molecule has 0 bridgehead atoms. The highest BCUT2D eigenvalue weighted by atomic mass is 15.0. The second kappa shape index (κ2) is 4.47. The monoisotopic (exact) mass is 229 g/mol. The lowest BCUT2D eigenvalue weighted by Crippen LogP contribution is -1.99. The van der Waals surface area contributed by atoms with E-state index in [2.05, 4.69) is 27.9 Å². The smallest absolute Gasteiger partial charge is 0.177 e. The minimum atomic E-state index is 0.618. The molecule has 3 nitrogen and oxygen atoms in total. The van der Waals surface area contributed by atoms with Crippen LogP contribution in [-0.2, 0) is 0 Å². The molecule has 1 fully saturated rings. The molecule has 2 heterocycles. The minimum absolute atomic E-state index is 0.618. The van der Waals surface area contributed by atoms with Crippen LogP contribution < -0.4 is 0 Å². The lowest BCUT2D eigenvalue weighted by atomic mass is 10.00. The highest BCUT2D eigenvalue weighted by molar-refractivity contribution is 5.71. The van der Waals surface area contributed by atoms with Crippen LogP contribution in [0.2, 0.25) is 0 Å². The van der Waals surface area contributed by atoms with E-state index in [0.29, 0.717) is 5.92 Å². The highest BCUT2D eigenvalue weighted by Crippen LogP contribution is 2.30. The molecule has 0 saturated heterocycles. The van der Waals surface area contributed by atoms with Gasteiger partial charge in [0.2, 0.25) is 0 Å². The molecule has 0 unspecified atom stereocenters. The summed E-state index contributed by atoms with van der Waals surface area (Å²) in [5.74, 6) is 1.77. The zero-order chi connectivity index (χ0) is 11.7. The van der Waals surface area contributed by atoms with Crippen LogP contribution >= 0.6 is 0 Å². The van der Waals surface area contributed by atoms with Crippen molar-refractivity contribution < 1.29 is 0 Å². The Morgan fingerprint density at radius 1 is 1.18 bits per heavy atom. The number of nitrogens with zero attached hydrogens (tertiary/aromatic N) is 2. The number of aromatic nitrogens is 3. The van der Waals surface area contributed by atoms with Crippen LogP contribution in [0.1, 0.15) is 55.8 Å². The van der Waals surface area contributed by atoms with Gasteiger partial charge in [0.15, 0.2) is 5.65 Å². The molecule has 1 N–H and O–H groups in total. The van der Waals surface area contributed by atoms with E-state index < -0.39 is 0 Å². The Labute approximate surface area is 102 Å². The molecule has 2 aromatic rings. The Bertz CT molecular complexity index is 507. The molecule has 3 heteroatoms. The maximum atomic E-state index is 4.65. The third-order valence-electron chi connectivity index (χ3n) is 3.73. The van der Waals surface area contributed by atoms with Crippen LogP contribution in [0.25, 0.3) is 11.2 Å². The summed E-state index contributed by atoms with van der Waals surface area (Å²) in [6, 6.07) is 2.13. The van der Waals surface area contributed by atoms with Gasteiger partial charge >= 0.3 is 0 Å². The SMILES string of the molecule is Cc1cnc2nc(C3CCCCCC3)[nH]c2c1. The summed E-state index contributed by atoms with van der Waals surface area (Å²) in [7, 11) is 0. The van der Waals surface area contributed by atoms with E-state index in [1.165, 1.54) is 44.1 Å². The second-order valence-corrected chi connectivity index (χ2v) is 5.19. The van der Waals surface area contributed by atoms with E-state index >= 15 is 0 Å². The van der Waals surface area contributed by atoms with Crippen LogP contribution in [0.3, 0.4) is 0 Å². The van der Waals surface area contributed by atoms with Gasteiger partial charge in [-0.25, -0.2) is 9.97 Å². The van der Waals surface area contributed by atoms with Crippen LogP contribution in [-0.4, -0.2) is 15.0 Å². The molecule has 17 heavy (non-hydrogen) atoms. The van der Waals surface area contributed by atoms with Gasteiger partial charge in [-0.15, -0.1) is 0 Å². The van der Waals surface area contributed by atoms with Crippen molar-refractivity contribution in [2.24, 2.45) is 0 Å². The highest BCUT2D eigenvalue weighted by Gasteiger charge is 2.18. The van der Waals surface area contributed by atoms with E-state index in [0.717, 1.165) is 17.0 Å². The van der Waals surface area contributed by atoms with E-state index in [4.69, 9.17) is 0 Å². The molecule has 90 valence electrons. The largest absolute Gasteiger partial charge is 0.340 e. The van der Waals surface area contributed by atoms with Crippen molar-refractivity contribution in [1.82, 2.24) is 15.0 Å². The van der Waals surface area contributed by atoms with Crippen LogP contribution in [0.5, 0.6) is 0 Å². The third kappa shape index (κ3) is 2.19. The van der Waals surface area contributed by atoms with Crippen LogP contribution in [0, 0.1) is 6.92 Å². The summed E-state index contributed by atoms with van der Waals surface area (Å²) in [6.45, 7) is 2.07. The molecule has 0 radical (unpaired) electrons. The predicted octanol–water partition coefficient (Wildman–Crippen LogP) is 3.70. The summed E-state index contributed by atoms with van der Waals surface area (Å²) < 4.78 is 0. The van der Waals surface area contributed by atoms with E-state index in [1.807, 2.05) is 6.20 Å². The number of aryl methyl sites for hydroxylation is 1. The molecule has 0 amide bonds. The Hall–Kier alpha value is -1.38. The number of hydrogen-bond acceptors (Lipinski definition) is 2. The number of H-pyrrole nitrogens is 1. The van der Waals surface area contributed by atoms with Gasteiger partial charge in [-0.05, 0) is 31.4 Å². The molecule has 3 rings (SSSR count). The van der Waals surface area contributed by atoms with Gasteiger partial charge in [-0.2, -0.15) is 0 Å². The molecule has 0 aromatic carbocycles. The zero-order valence-electron chi connectivity index (χ0n) is 10.4. The van der Waals surface area contributed by atoms with Gasteiger partial charge in [0.25, 0.3) is 0 Å². The van der Waals surface area contributed by atoms with Crippen molar-refractivity contribution in [3.63, 3.8) is 0 Å². The first-order valence-electron chi connectivity index (χ1n) is 6.65. The summed E-state index contributed by atoms with van der Waals surface area (Å²) in [6.07, 6.45) is 9.89. The fraction of sp³-hybridized carbons (Fsp3) is 0.571. The Morgan fingerprint density at radius 2 is 1.94 bits per heavy atom. The summed E-state index contributed by atoms with van der Waals surface area (Å²) >= 11 is 0. The summed E-state index contributed by atoms with van der Waals surface area (Å²) in [5.41, 5.74) is 3.15. The Kier molecular flexibility index (Phi) is 2.83. The first kappa shape index (κ1) is 10.8. The Morgan fingerprint density at radius 3 is 2.71 bits per heavy atom. The van der Waals surface area contributed by atoms with Crippen molar-refractivity contribution in [2.45, 2.75) is 51.4 Å². The van der Waals surface area contributed by atoms with E-state index in [-0.39, 0.29) is 0 Å². The zero-order valence-corrected chi connectivity index (χ0v) is 10.4. The van der Waals surface area contributed by atoms with Gasteiger partial charge in [-0.1, -0.05) is 25.7 Å². The van der Waals surface area contributed by atoms with Crippen LogP contribution in [0.4, 0.5) is 0 Å². The molecule has 0 atom stereocenters. The van der Waals surface area contributed by atoms with Crippen molar-refractivity contribution in [3.8, 4) is 0 Å². The summed E-state index contributed by atoms with van der Waals surface area (Å²) in [4.78, 5) is 12.5. The van der Waals surface area contributed by atoms with E-state index in [1.54, 1.807) is 0 Å². The number of hydrogen-bond donors (Lipinski definition) is 1. The topological polar surface area (TPSA) is 41.6 Å².